The first-order chi connectivity index (χ1) is 11.2. The molecule has 23 heavy (non-hydrogen) atoms. The van der Waals surface area contributed by atoms with E-state index in [1.807, 2.05) is 23.6 Å². The zero-order chi connectivity index (χ0) is 16.5. The second-order valence-electron chi connectivity index (χ2n) is 5.12. The number of thiazole rings is 1. The lowest BCUT2D eigenvalue weighted by Gasteiger charge is -2.09. The van der Waals surface area contributed by atoms with Crippen molar-refractivity contribution >= 4 is 17.2 Å². The molecule has 0 atom stereocenters. The van der Waals surface area contributed by atoms with E-state index in [1.165, 1.54) is 0 Å². The van der Waals surface area contributed by atoms with Gasteiger partial charge >= 0.3 is 0 Å². The third-order valence-corrected chi connectivity index (χ3v) is 4.14. The van der Waals surface area contributed by atoms with Gasteiger partial charge in [-0.3, -0.25) is 4.79 Å². The number of hydrogen-bond acceptors (Lipinski definition) is 5. The number of rotatable bonds is 9. The summed E-state index contributed by atoms with van der Waals surface area (Å²) in [5.74, 6) is 1.52. The second kappa shape index (κ2) is 9.15. The molecule has 1 N–H and O–H groups in total. The summed E-state index contributed by atoms with van der Waals surface area (Å²) in [5.41, 5.74) is 3.97. The molecule has 0 radical (unpaired) electrons. The van der Waals surface area contributed by atoms with Crippen LogP contribution in [-0.2, 0) is 17.6 Å². The third-order valence-electron chi connectivity index (χ3n) is 3.50. The van der Waals surface area contributed by atoms with Gasteiger partial charge in [-0.1, -0.05) is 6.07 Å². The van der Waals surface area contributed by atoms with Crippen molar-refractivity contribution in [1.82, 2.24) is 10.3 Å². The highest BCUT2D eigenvalue weighted by molar-refractivity contribution is 7.07. The van der Waals surface area contributed by atoms with Crippen LogP contribution >= 0.6 is 11.3 Å². The molecule has 2 aromatic rings. The molecule has 0 saturated carbocycles. The van der Waals surface area contributed by atoms with Crippen LogP contribution in [0.4, 0.5) is 0 Å². The Hall–Kier alpha value is -2.08. The van der Waals surface area contributed by atoms with Gasteiger partial charge in [0.25, 0.3) is 0 Å². The van der Waals surface area contributed by atoms with Crippen LogP contribution in [0.5, 0.6) is 11.5 Å². The average molecular weight is 334 g/mol. The summed E-state index contributed by atoms with van der Waals surface area (Å²) in [6, 6.07) is 5.85. The van der Waals surface area contributed by atoms with Gasteiger partial charge in [-0.05, 0) is 30.5 Å². The molecule has 5 nitrogen and oxygen atoms in total. The molecule has 1 aromatic heterocycles. The second-order valence-corrected chi connectivity index (χ2v) is 5.84. The number of nitrogens with one attached hydrogen (secondary N) is 1. The maximum absolute atomic E-state index is 11.8. The molecule has 1 amide bonds. The first-order valence-corrected chi connectivity index (χ1v) is 8.52. The lowest BCUT2D eigenvalue weighted by Crippen LogP contribution is -2.25. The minimum Gasteiger partial charge on any atom is -0.493 e. The summed E-state index contributed by atoms with van der Waals surface area (Å²) < 4.78 is 10.5. The predicted octanol–water partition coefficient (Wildman–Crippen LogP) is 2.84. The number of benzene rings is 1. The Balaban J connectivity index is 1.68. The zero-order valence-electron chi connectivity index (χ0n) is 13.5. The lowest BCUT2D eigenvalue weighted by atomic mass is 10.1. The molecule has 0 fully saturated rings. The van der Waals surface area contributed by atoms with Gasteiger partial charge in [0.15, 0.2) is 11.5 Å². The fraction of sp³-hybridized carbons (Fsp3) is 0.412. The van der Waals surface area contributed by atoms with Crippen molar-refractivity contribution in [3.05, 3.63) is 40.3 Å². The van der Waals surface area contributed by atoms with Crippen LogP contribution < -0.4 is 14.8 Å². The Morgan fingerprint density at radius 2 is 2.04 bits per heavy atom. The van der Waals surface area contributed by atoms with Crippen LogP contribution in [0.15, 0.2) is 29.1 Å². The van der Waals surface area contributed by atoms with Gasteiger partial charge in [-0.2, -0.15) is 0 Å². The standard InChI is InChI=1S/C17H22N2O3S/c1-21-15-7-6-13(10-16(15)22-2)4-3-5-17(20)18-9-8-14-11-23-12-19-14/h6-7,10-12H,3-5,8-9H2,1-2H3,(H,18,20). The van der Waals surface area contributed by atoms with Gasteiger partial charge in [0.2, 0.25) is 5.91 Å². The Morgan fingerprint density at radius 3 is 2.74 bits per heavy atom. The van der Waals surface area contributed by atoms with Crippen molar-refractivity contribution in [3.63, 3.8) is 0 Å². The van der Waals surface area contributed by atoms with E-state index >= 15 is 0 Å². The molecule has 0 aliphatic heterocycles. The largest absolute Gasteiger partial charge is 0.493 e. The maximum atomic E-state index is 11.8. The minimum atomic E-state index is 0.0840. The van der Waals surface area contributed by atoms with E-state index in [0.717, 1.165) is 42.0 Å². The molecule has 0 bridgehead atoms. The van der Waals surface area contributed by atoms with Crippen LogP contribution in [0.3, 0.4) is 0 Å². The summed E-state index contributed by atoms with van der Waals surface area (Å²) in [7, 11) is 3.24. The number of nitrogens with zero attached hydrogens (tertiary/aromatic N) is 1. The molecule has 0 aliphatic carbocycles. The van der Waals surface area contributed by atoms with Crippen LogP contribution in [0.1, 0.15) is 24.1 Å². The monoisotopic (exact) mass is 334 g/mol. The molecule has 0 aliphatic rings. The number of methoxy groups -OCH3 is 2. The quantitative estimate of drug-likeness (QED) is 0.766. The Kier molecular flexibility index (Phi) is 6.87. The summed E-state index contributed by atoms with van der Waals surface area (Å²) in [4.78, 5) is 16.0. The SMILES string of the molecule is COc1ccc(CCCC(=O)NCCc2cscn2)cc1OC. The predicted molar refractivity (Wildman–Crippen MR) is 91.3 cm³/mol. The molecule has 0 spiro atoms. The lowest BCUT2D eigenvalue weighted by molar-refractivity contribution is -0.121. The smallest absolute Gasteiger partial charge is 0.220 e. The van der Waals surface area contributed by atoms with Crippen LogP contribution in [0.25, 0.3) is 0 Å². The number of ether oxygens (including phenoxy) is 2. The van der Waals surface area contributed by atoms with Gasteiger partial charge in [0, 0.05) is 24.8 Å². The van der Waals surface area contributed by atoms with Gasteiger partial charge < -0.3 is 14.8 Å². The molecule has 1 aromatic carbocycles. The zero-order valence-corrected chi connectivity index (χ0v) is 14.3. The van der Waals surface area contributed by atoms with E-state index in [-0.39, 0.29) is 5.91 Å². The normalized spacial score (nSPS) is 10.3. The highest BCUT2D eigenvalue weighted by Crippen LogP contribution is 2.28. The molecule has 2 rings (SSSR count). The van der Waals surface area contributed by atoms with Gasteiger partial charge in [-0.15, -0.1) is 11.3 Å². The molecular weight excluding hydrogens is 312 g/mol. The van der Waals surface area contributed by atoms with Crippen LogP contribution in [0, 0.1) is 0 Å². The number of aromatic nitrogens is 1. The van der Waals surface area contributed by atoms with E-state index in [4.69, 9.17) is 9.47 Å². The number of aryl methyl sites for hydroxylation is 1. The Labute approximate surface area is 140 Å². The average Bonchev–Trinajstić information content (AvgIpc) is 3.08. The van der Waals surface area contributed by atoms with Gasteiger partial charge in [-0.25, -0.2) is 4.98 Å². The Bertz CT molecular complexity index is 614. The van der Waals surface area contributed by atoms with Crippen molar-refractivity contribution in [2.24, 2.45) is 0 Å². The van der Waals surface area contributed by atoms with Crippen molar-refractivity contribution in [3.8, 4) is 11.5 Å². The van der Waals surface area contributed by atoms with E-state index in [9.17, 15) is 4.79 Å². The molecule has 0 saturated heterocycles. The number of amides is 1. The highest BCUT2D eigenvalue weighted by atomic mass is 32.1. The molecular formula is C17H22N2O3S. The van der Waals surface area contributed by atoms with Gasteiger partial charge in [0.05, 0.1) is 25.4 Å². The van der Waals surface area contributed by atoms with E-state index in [0.29, 0.717) is 13.0 Å². The van der Waals surface area contributed by atoms with Crippen molar-refractivity contribution in [2.45, 2.75) is 25.7 Å². The van der Waals surface area contributed by atoms with Crippen LogP contribution in [0.2, 0.25) is 0 Å². The van der Waals surface area contributed by atoms with Crippen LogP contribution in [-0.4, -0.2) is 31.7 Å². The first kappa shape index (κ1) is 17.3. The molecule has 0 unspecified atom stereocenters. The van der Waals surface area contributed by atoms with E-state index in [1.54, 1.807) is 31.1 Å². The fourth-order valence-corrected chi connectivity index (χ4v) is 2.86. The highest BCUT2D eigenvalue weighted by Gasteiger charge is 2.06. The minimum absolute atomic E-state index is 0.0840. The summed E-state index contributed by atoms with van der Waals surface area (Å²) in [6.45, 7) is 0.638. The van der Waals surface area contributed by atoms with E-state index in [2.05, 4.69) is 10.3 Å². The maximum Gasteiger partial charge on any atom is 0.220 e. The first-order valence-electron chi connectivity index (χ1n) is 7.57. The van der Waals surface area contributed by atoms with E-state index < -0.39 is 0 Å². The number of hydrogen-bond donors (Lipinski definition) is 1. The van der Waals surface area contributed by atoms with Crippen molar-refractivity contribution in [1.29, 1.82) is 0 Å². The third kappa shape index (κ3) is 5.56. The van der Waals surface area contributed by atoms with Crippen molar-refractivity contribution in [2.75, 3.05) is 20.8 Å². The summed E-state index contributed by atoms with van der Waals surface area (Å²) >= 11 is 1.57. The molecule has 6 heteroatoms. The Morgan fingerprint density at radius 1 is 1.22 bits per heavy atom. The molecule has 124 valence electrons. The molecule has 1 heterocycles. The fourth-order valence-electron chi connectivity index (χ4n) is 2.27. The number of carbonyl (C=O) groups is 1. The topological polar surface area (TPSA) is 60.5 Å². The summed E-state index contributed by atoms with van der Waals surface area (Å²) in [6.07, 6.45) is 2.94. The van der Waals surface area contributed by atoms with Gasteiger partial charge in [0.1, 0.15) is 0 Å². The number of carbonyl (C=O) groups excluding carboxylic acids is 1. The summed E-state index contributed by atoms with van der Waals surface area (Å²) in [5, 5.41) is 4.93. The van der Waals surface area contributed by atoms with Crippen molar-refractivity contribution < 1.29 is 14.3 Å².